The minimum Gasteiger partial charge on any atom is -0.494 e. The first kappa shape index (κ1) is 12.2. The van der Waals surface area contributed by atoms with Gasteiger partial charge in [-0.25, -0.2) is 0 Å². The van der Waals surface area contributed by atoms with Gasteiger partial charge in [-0.2, -0.15) is 0 Å². The molecule has 2 nitrogen and oxygen atoms in total. The van der Waals surface area contributed by atoms with Crippen molar-refractivity contribution in [3.8, 4) is 5.75 Å². The largest absolute Gasteiger partial charge is 0.494 e. The average molecular weight is 271 g/mol. The second kappa shape index (κ2) is 4.79. The maximum absolute atomic E-state index is 11.8. The van der Waals surface area contributed by atoms with Crippen molar-refractivity contribution < 1.29 is 9.53 Å². The standard InChI is InChI=1S/C12H15BrO2/c1-4-15-10-7-5-9(6-8-10)11(14)12(2,3)13/h5-8H,4H2,1-3H3. The fraction of sp³-hybridized carbons (Fsp3) is 0.417. The molecule has 0 N–H and O–H groups in total. The quantitative estimate of drug-likeness (QED) is 0.619. The van der Waals surface area contributed by atoms with E-state index in [9.17, 15) is 4.79 Å². The molecule has 82 valence electrons. The molecular weight excluding hydrogens is 256 g/mol. The first-order chi connectivity index (χ1) is 6.95. The van der Waals surface area contributed by atoms with Crippen LogP contribution < -0.4 is 4.74 Å². The van der Waals surface area contributed by atoms with Crippen molar-refractivity contribution >= 4 is 21.7 Å². The van der Waals surface area contributed by atoms with Gasteiger partial charge in [-0.3, -0.25) is 4.79 Å². The Morgan fingerprint density at radius 1 is 1.33 bits per heavy atom. The highest BCUT2D eigenvalue weighted by atomic mass is 79.9. The van der Waals surface area contributed by atoms with Crippen molar-refractivity contribution in [2.75, 3.05) is 6.61 Å². The van der Waals surface area contributed by atoms with E-state index in [1.54, 1.807) is 12.1 Å². The first-order valence-electron chi connectivity index (χ1n) is 4.91. The summed E-state index contributed by atoms with van der Waals surface area (Å²) in [5, 5.41) is 0. The summed E-state index contributed by atoms with van der Waals surface area (Å²) in [5.74, 6) is 0.868. The van der Waals surface area contributed by atoms with Gasteiger partial charge in [0.05, 0.1) is 10.9 Å². The minimum absolute atomic E-state index is 0.0746. The van der Waals surface area contributed by atoms with E-state index in [1.807, 2.05) is 32.9 Å². The molecule has 0 heterocycles. The Hall–Kier alpha value is -0.830. The zero-order chi connectivity index (χ0) is 11.5. The monoisotopic (exact) mass is 270 g/mol. The summed E-state index contributed by atoms with van der Waals surface area (Å²) >= 11 is 3.35. The highest BCUT2D eigenvalue weighted by Gasteiger charge is 2.24. The molecule has 0 aromatic heterocycles. The van der Waals surface area contributed by atoms with E-state index >= 15 is 0 Å². The van der Waals surface area contributed by atoms with Crippen LogP contribution in [-0.2, 0) is 0 Å². The zero-order valence-corrected chi connectivity index (χ0v) is 10.8. The third kappa shape index (κ3) is 3.34. The van der Waals surface area contributed by atoms with E-state index in [1.165, 1.54) is 0 Å². The van der Waals surface area contributed by atoms with Gasteiger partial charge in [0.1, 0.15) is 5.75 Å². The van der Waals surface area contributed by atoms with Gasteiger partial charge in [0.25, 0.3) is 0 Å². The van der Waals surface area contributed by atoms with Crippen LogP contribution in [0.4, 0.5) is 0 Å². The summed E-state index contributed by atoms with van der Waals surface area (Å²) in [6, 6.07) is 7.21. The molecule has 1 rings (SSSR count). The van der Waals surface area contributed by atoms with Crippen LogP contribution in [0.15, 0.2) is 24.3 Å². The molecule has 0 fully saturated rings. The molecule has 0 spiro atoms. The maximum atomic E-state index is 11.8. The smallest absolute Gasteiger partial charge is 0.178 e. The molecule has 0 aliphatic carbocycles. The minimum atomic E-state index is -0.514. The SMILES string of the molecule is CCOc1ccc(C(=O)C(C)(C)Br)cc1. The van der Waals surface area contributed by atoms with Crippen molar-refractivity contribution in [3.63, 3.8) is 0 Å². The van der Waals surface area contributed by atoms with Crippen LogP contribution in [0.25, 0.3) is 0 Å². The second-order valence-electron chi connectivity index (χ2n) is 3.76. The predicted octanol–water partition coefficient (Wildman–Crippen LogP) is 3.44. The molecule has 1 aromatic rings. The molecule has 0 saturated heterocycles. The molecule has 0 unspecified atom stereocenters. The van der Waals surface area contributed by atoms with E-state index in [0.717, 1.165) is 5.75 Å². The van der Waals surface area contributed by atoms with Crippen LogP contribution in [0.3, 0.4) is 0 Å². The number of benzene rings is 1. The van der Waals surface area contributed by atoms with E-state index in [4.69, 9.17) is 4.74 Å². The molecule has 0 radical (unpaired) electrons. The van der Waals surface area contributed by atoms with Crippen molar-refractivity contribution in [3.05, 3.63) is 29.8 Å². The zero-order valence-electron chi connectivity index (χ0n) is 9.21. The number of Topliss-reactive ketones (excluding diaryl/α,β-unsaturated/α-hetero) is 1. The molecule has 1 aromatic carbocycles. The fourth-order valence-electron chi connectivity index (χ4n) is 1.21. The van der Waals surface area contributed by atoms with Gasteiger partial charge in [-0.15, -0.1) is 0 Å². The van der Waals surface area contributed by atoms with Crippen LogP contribution in [0, 0.1) is 0 Å². The summed E-state index contributed by atoms with van der Waals surface area (Å²) in [7, 11) is 0. The van der Waals surface area contributed by atoms with Gasteiger partial charge < -0.3 is 4.74 Å². The number of halogens is 1. The second-order valence-corrected chi connectivity index (χ2v) is 5.74. The van der Waals surface area contributed by atoms with Crippen LogP contribution in [0.1, 0.15) is 31.1 Å². The van der Waals surface area contributed by atoms with Crippen molar-refractivity contribution in [2.45, 2.75) is 25.1 Å². The number of hydrogen-bond acceptors (Lipinski definition) is 2. The molecule has 0 bridgehead atoms. The number of ether oxygens (including phenoxy) is 1. The van der Waals surface area contributed by atoms with Crippen LogP contribution in [0.5, 0.6) is 5.75 Å². The lowest BCUT2D eigenvalue weighted by molar-refractivity contribution is 0.0961. The molecular formula is C12H15BrO2. The number of alkyl halides is 1. The highest BCUT2D eigenvalue weighted by molar-refractivity contribution is 9.10. The lowest BCUT2D eigenvalue weighted by atomic mass is 10.0. The molecule has 0 atom stereocenters. The normalized spacial score (nSPS) is 11.2. The van der Waals surface area contributed by atoms with Crippen molar-refractivity contribution in [1.82, 2.24) is 0 Å². The summed E-state index contributed by atoms with van der Waals surface area (Å²) < 4.78 is 4.79. The molecule has 3 heteroatoms. The topological polar surface area (TPSA) is 26.3 Å². The van der Waals surface area contributed by atoms with E-state index < -0.39 is 4.32 Å². The van der Waals surface area contributed by atoms with Crippen LogP contribution in [-0.4, -0.2) is 16.7 Å². The lowest BCUT2D eigenvalue weighted by Crippen LogP contribution is -2.23. The first-order valence-corrected chi connectivity index (χ1v) is 5.71. The van der Waals surface area contributed by atoms with Gasteiger partial charge in [0.15, 0.2) is 5.78 Å². The Morgan fingerprint density at radius 2 is 1.87 bits per heavy atom. The summed E-state index contributed by atoms with van der Waals surface area (Å²) in [6.45, 7) is 6.25. The number of ketones is 1. The number of carbonyl (C=O) groups is 1. The summed E-state index contributed by atoms with van der Waals surface area (Å²) in [5.41, 5.74) is 0.695. The fourth-order valence-corrected chi connectivity index (χ4v) is 1.44. The van der Waals surface area contributed by atoms with Crippen LogP contribution in [0.2, 0.25) is 0 Å². The molecule has 0 saturated carbocycles. The predicted molar refractivity (Wildman–Crippen MR) is 64.9 cm³/mol. The van der Waals surface area contributed by atoms with Gasteiger partial charge >= 0.3 is 0 Å². The molecule has 15 heavy (non-hydrogen) atoms. The van der Waals surface area contributed by atoms with Gasteiger partial charge in [-0.1, -0.05) is 15.9 Å². The van der Waals surface area contributed by atoms with Gasteiger partial charge in [-0.05, 0) is 45.0 Å². The molecule has 0 amide bonds. The third-order valence-corrected chi connectivity index (χ3v) is 2.33. The van der Waals surface area contributed by atoms with Gasteiger partial charge in [0, 0.05) is 5.56 Å². The Morgan fingerprint density at radius 3 is 2.27 bits per heavy atom. The van der Waals surface area contributed by atoms with Crippen molar-refractivity contribution in [2.24, 2.45) is 0 Å². The molecule has 0 aliphatic rings. The number of hydrogen-bond donors (Lipinski definition) is 0. The van der Waals surface area contributed by atoms with E-state index in [2.05, 4.69) is 15.9 Å². The van der Waals surface area contributed by atoms with E-state index in [-0.39, 0.29) is 5.78 Å². The summed E-state index contributed by atoms with van der Waals surface area (Å²) in [6.07, 6.45) is 0. The van der Waals surface area contributed by atoms with Crippen LogP contribution >= 0.6 is 15.9 Å². The Bertz CT molecular complexity index is 336. The maximum Gasteiger partial charge on any atom is 0.178 e. The Balaban J connectivity index is 2.85. The van der Waals surface area contributed by atoms with E-state index in [0.29, 0.717) is 12.2 Å². The number of rotatable bonds is 4. The number of carbonyl (C=O) groups excluding carboxylic acids is 1. The highest BCUT2D eigenvalue weighted by Crippen LogP contribution is 2.23. The van der Waals surface area contributed by atoms with Gasteiger partial charge in [0.2, 0.25) is 0 Å². The summed E-state index contributed by atoms with van der Waals surface area (Å²) in [4.78, 5) is 11.8. The Kier molecular flexibility index (Phi) is 3.91. The third-order valence-electron chi connectivity index (χ3n) is 1.97. The average Bonchev–Trinajstić information content (AvgIpc) is 2.17. The molecule has 0 aliphatic heterocycles. The lowest BCUT2D eigenvalue weighted by Gasteiger charge is -2.14. The van der Waals surface area contributed by atoms with Crippen molar-refractivity contribution in [1.29, 1.82) is 0 Å². The Labute approximate surface area is 98.8 Å².